The lowest BCUT2D eigenvalue weighted by Crippen LogP contribution is -2.44. The average Bonchev–Trinajstić information content (AvgIpc) is 3.14. The molecule has 0 aromatic heterocycles. The Hall–Kier alpha value is -1.49. The number of nitrogens with zero attached hydrogens (tertiary/aromatic N) is 1. The van der Waals surface area contributed by atoms with E-state index in [0.717, 1.165) is 12.8 Å². The Kier molecular flexibility index (Phi) is 6.43. The molecule has 0 spiro atoms. The molecule has 0 radical (unpaired) electrons. The van der Waals surface area contributed by atoms with Crippen LogP contribution < -0.4 is 4.72 Å². The highest BCUT2D eigenvalue weighted by Crippen LogP contribution is 2.22. The fraction of sp³-hybridized carbons (Fsp3) is 0.562. The third-order valence-electron chi connectivity index (χ3n) is 4.24. The third-order valence-corrected chi connectivity index (χ3v) is 7.61. The first-order valence-electron chi connectivity index (χ1n) is 8.30. The molecule has 10 heteroatoms. The fourth-order valence-electron chi connectivity index (χ4n) is 2.69. The van der Waals surface area contributed by atoms with Crippen LogP contribution in [0.25, 0.3) is 0 Å². The number of nitrogens with one attached hydrogen (secondary N) is 1. The minimum atomic E-state index is -4.00. The highest BCUT2D eigenvalue weighted by Gasteiger charge is 2.30. The Morgan fingerprint density at radius 2 is 1.54 bits per heavy atom. The van der Waals surface area contributed by atoms with Crippen molar-refractivity contribution in [3.8, 4) is 0 Å². The highest BCUT2D eigenvalue weighted by atomic mass is 32.2. The number of methoxy groups -OCH3 is 1. The molecule has 146 valence electrons. The van der Waals surface area contributed by atoms with Gasteiger partial charge >= 0.3 is 5.97 Å². The van der Waals surface area contributed by atoms with Crippen molar-refractivity contribution < 1.29 is 26.4 Å². The van der Waals surface area contributed by atoms with Crippen LogP contribution in [0.5, 0.6) is 0 Å². The number of hydrogen-bond acceptors (Lipinski definition) is 6. The fourth-order valence-corrected chi connectivity index (χ4v) is 5.54. The van der Waals surface area contributed by atoms with Crippen molar-refractivity contribution in [3.63, 3.8) is 0 Å². The largest absolute Gasteiger partial charge is 0.468 e. The summed E-state index contributed by atoms with van der Waals surface area (Å²) in [5.74, 6) is -0.996. The average molecular weight is 405 g/mol. The SMILES string of the molecule is COC(=O)C(NS(=O)(=O)c1ccc(S(=O)(=O)N2CCCC2)cc1)C(C)C. The number of benzene rings is 1. The van der Waals surface area contributed by atoms with Gasteiger partial charge in [0.1, 0.15) is 6.04 Å². The van der Waals surface area contributed by atoms with Gasteiger partial charge in [-0.05, 0) is 43.0 Å². The summed E-state index contributed by atoms with van der Waals surface area (Å²) >= 11 is 0. The second-order valence-corrected chi connectivity index (χ2v) is 10.1. The van der Waals surface area contributed by atoms with Gasteiger partial charge in [-0.25, -0.2) is 16.8 Å². The van der Waals surface area contributed by atoms with Crippen molar-refractivity contribution in [2.45, 2.75) is 42.5 Å². The molecule has 1 aromatic carbocycles. The minimum absolute atomic E-state index is 0.0479. The Morgan fingerprint density at radius 3 is 2.00 bits per heavy atom. The lowest BCUT2D eigenvalue weighted by molar-refractivity contribution is -0.143. The van der Waals surface area contributed by atoms with Gasteiger partial charge in [0.15, 0.2) is 0 Å². The molecular formula is C16H24N2O6S2. The molecule has 0 bridgehead atoms. The molecule has 0 aliphatic carbocycles. The summed E-state index contributed by atoms with van der Waals surface area (Å²) in [6, 6.07) is 3.95. The molecule has 1 aliphatic rings. The lowest BCUT2D eigenvalue weighted by atomic mass is 10.1. The van der Waals surface area contributed by atoms with Gasteiger partial charge in [-0.2, -0.15) is 9.03 Å². The van der Waals surface area contributed by atoms with Crippen molar-refractivity contribution in [2.24, 2.45) is 5.92 Å². The van der Waals surface area contributed by atoms with Crippen molar-refractivity contribution in [1.82, 2.24) is 9.03 Å². The molecule has 0 amide bonds. The minimum Gasteiger partial charge on any atom is -0.468 e. The normalized spacial score (nSPS) is 17.4. The Morgan fingerprint density at radius 1 is 1.04 bits per heavy atom. The molecule has 1 aromatic rings. The summed E-state index contributed by atoms with van der Waals surface area (Å²) in [4.78, 5) is 11.7. The second kappa shape index (κ2) is 8.03. The van der Waals surface area contributed by atoms with Crippen LogP contribution in [0.2, 0.25) is 0 Å². The van der Waals surface area contributed by atoms with Gasteiger partial charge in [0.2, 0.25) is 20.0 Å². The topological polar surface area (TPSA) is 110 Å². The molecule has 2 rings (SSSR count). The number of rotatable bonds is 7. The van der Waals surface area contributed by atoms with E-state index in [-0.39, 0.29) is 15.7 Å². The molecule has 1 heterocycles. The predicted molar refractivity (Wildman–Crippen MR) is 95.4 cm³/mol. The Bertz CT molecular complexity index is 841. The molecule has 26 heavy (non-hydrogen) atoms. The third kappa shape index (κ3) is 4.43. The van der Waals surface area contributed by atoms with Crippen LogP contribution in [0.4, 0.5) is 0 Å². The number of esters is 1. The number of ether oxygens (including phenoxy) is 1. The van der Waals surface area contributed by atoms with Gasteiger partial charge in [-0.15, -0.1) is 0 Å². The van der Waals surface area contributed by atoms with E-state index in [0.29, 0.717) is 13.1 Å². The molecule has 1 N–H and O–H groups in total. The van der Waals surface area contributed by atoms with Crippen molar-refractivity contribution in [3.05, 3.63) is 24.3 Å². The van der Waals surface area contributed by atoms with E-state index < -0.39 is 32.1 Å². The van der Waals surface area contributed by atoms with Crippen molar-refractivity contribution in [2.75, 3.05) is 20.2 Å². The van der Waals surface area contributed by atoms with Crippen LogP contribution in [0, 0.1) is 5.92 Å². The lowest BCUT2D eigenvalue weighted by Gasteiger charge is -2.20. The summed E-state index contributed by atoms with van der Waals surface area (Å²) < 4.78 is 58.3. The van der Waals surface area contributed by atoms with Crippen LogP contribution in [0.1, 0.15) is 26.7 Å². The Balaban J connectivity index is 2.24. The maximum Gasteiger partial charge on any atom is 0.324 e. The predicted octanol–water partition coefficient (Wildman–Crippen LogP) is 0.947. The van der Waals surface area contributed by atoms with E-state index in [1.165, 1.54) is 35.7 Å². The second-order valence-electron chi connectivity index (χ2n) is 6.45. The number of carbonyl (C=O) groups is 1. The molecule has 1 unspecified atom stereocenters. The summed E-state index contributed by atoms with van der Waals surface area (Å²) in [6.07, 6.45) is 1.64. The molecule has 1 atom stereocenters. The van der Waals surface area contributed by atoms with Gasteiger partial charge < -0.3 is 4.74 Å². The zero-order chi connectivity index (χ0) is 19.5. The van der Waals surface area contributed by atoms with Gasteiger partial charge in [0.25, 0.3) is 0 Å². The van der Waals surface area contributed by atoms with Crippen LogP contribution in [-0.2, 0) is 29.6 Å². The quantitative estimate of drug-likeness (QED) is 0.678. The summed E-state index contributed by atoms with van der Waals surface area (Å²) in [5.41, 5.74) is 0. The van der Waals surface area contributed by atoms with Crippen LogP contribution in [-0.4, -0.2) is 53.4 Å². The monoisotopic (exact) mass is 404 g/mol. The van der Waals surface area contributed by atoms with E-state index in [4.69, 9.17) is 0 Å². The van der Waals surface area contributed by atoms with Crippen molar-refractivity contribution in [1.29, 1.82) is 0 Å². The van der Waals surface area contributed by atoms with Gasteiger partial charge in [-0.1, -0.05) is 13.8 Å². The number of sulfonamides is 2. The number of carbonyl (C=O) groups excluding carboxylic acids is 1. The van der Waals surface area contributed by atoms with E-state index >= 15 is 0 Å². The molecule has 1 fully saturated rings. The van der Waals surface area contributed by atoms with Crippen molar-refractivity contribution >= 4 is 26.0 Å². The zero-order valence-corrected chi connectivity index (χ0v) is 16.6. The van der Waals surface area contributed by atoms with E-state index in [1.807, 2.05) is 0 Å². The first kappa shape index (κ1) is 20.8. The molecule has 0 saturated carbocycles. The summed E-state index contributed by atoms with van der Waals surface area (Å²) in [7, 11) is -6.43. The van der Waals surface area contributed by atoms with E-state index in [9.17, 15) is 21.6 Å². The van der Waals surface area contributed by atoms with Crippen LogP contribution in [0.3, 0.4) is 0 Å². The summed E-state index contributed by atoms with van der Waals surface area (Å²) in [5, 5.41) is 0. The molecule has 8 nitrogen and oxygen atoms in total. The van der Waals surface area contributed by atoms with Crippen LogP contribution in [0.15, 0.2) is 34.1 Å². The molecule has 1 aliphatic heterocycles. The van der Waals surface area contributed by atoms with E-state index in [2.05, 4.69) is 9.46 Å². The smallest absolute Gasteiger partial charge is 0.324 e. The summed E-state index contributed by atoms with van der Waals surface area (Å²) in [6.45, 7) is 4.32. The maximum atomic E-state index is 12.5. The Labute approximate surface area is 154 Å². The zero-order valence-electron chi connectivity index (χ0n) is 15.0. The van der Waals surface area contributed by atoms with Gasteiger partial charge in [0.05, 0.1) is 16.9 Å². The molecular weight excluding hydrogens is 380 g/mol. The molecule has 1 saturated heterocycles. The maximum absolute atomic E-state index is 12.5. The first-order valence-corrected chi connectivity index (χ1v) is 11.2. The van der Waals surface area contributed by atoms with Gasteiger partial charge in [0, 0.05) is 13.1 Å². The van der Waals surface area contributed by atoms with Gasteiger partial charge in [-0.3, -0.25) is 4.79 Å². The van der Waals surface area contributed by atoms with Crippen LogP contribution >= 0.6 is 0 Å². The highest BCUT2D eigenvalue weighted by molar-refractivity contribution is 7.89. The first-order chi connectivity index (χ1) is 12.1. The standard InChI is InChI=1S/C16H24N2O6S2/c1-12(2)15(16(19)24-3)17-25(20,21)13-6-8-14(9-7-13)26(22,23)18-10-4-5-11-18/h6-9,12,15,17H,4-5,10-11H2,1-3H3. The van der Waals surface area contributed by atoms with E-state index in [1.54, 1.807) is 13.8 Å². The number of hydrogen-bond donors (Lipinski definition) is 1.